The summed E-state index contributed by atoms with van der Waals surface area (Å²) in [5.74, 6) is -0.652. The van der Waals surface area contributed by atoms with E-state index in [1.54, 1.807) is 25.4 Å². The molecule has 136 valence electrons. The first-order valence-corrected chi connectivity index (χ1v) is 8.36. The minimum atomic E-state index is -0.616. The van der Waals surface area contributed by atoms with Crippen LogP contribution >= 0.6 is 0 Å². The zero-order chi connectivity index (χ0) is 18.3. The molecule has 0 saturated heterocycles. The number of nitrogens with zero attached hydrogens (tertiary/aromatic N) is 4. The van der Waals surface area contributed by atoms with Crippen LogP contribution in [0, 0.1) is 0 Å². The summed E-state index contributed by atoms with van der Waals surface area (Å²) < 4.78 is 4.77. The molecule has 2 rings (SSSR count). The Hall–Kier alpha value is -2.77. The highest BCUT2D eigenvalue weighted by atomic mass is 16.5. The second-order valence-corrected chi connectivity index (χ2v) is 5.04. The first-order valence-electron chi connectivity index (χ1n) is 8.36. The van der Waals surface area contributed by atoms with E-state index < -0.39 is 5.97 Å². The second kappa shape index (κ2) is 12.6. The average Bonchev–Trinajstić information content (AvgIpc) is 2.64. The highest BCUT2D eigenvalue weighted by Crippen LogP contribution is 2.15. The molecule has 0 radical (unpaired) electrons. The molecular formula is C17H25N5O3. The summed E-state index contributed by atoms with van der Waals surface area (Å²) in [7, 11) is 0. The van der Waals surface area contributed by atoms with Crippen LogP contribution in [0.1, 0.15) is 49.9 Å². The van der Waals surface area contributed by atoms with Crippen molar-refractivity contribution in [3.8, 4) is 5.88 Å². The zero-order valence-corrected chi connectivity index (χ0v) is 14.7. The van der Waals surface area contributed by atoms with Crippen LogP contribution in [-0.4, -0.2) is 44.2 Å². The van der Waals surface area contributed by atoms with Gasteiger partial charge in [0.05, 0.1) is 12.8 Å². The molecule has 2 aromatic rings. The van der Waals surface area contributed by atoms with Crippen LogP contribution in [0.2, 0.25) is 0 Å². The van der Waals surface area contributed by atoms with Gasteiger partial charge in [-0.2, -0.15) is 4.98 Å². The Morgan fingerprint density at radius 2 is 1.96 bits per heavy atom. The highest BCUT2D eigenvalue weighted by molar-refractivity contribution is 5.91. The Morgan fingerprint density at radius 3 is 2.48 bits per heavy atom. The first kappa shape index (κ1) is 20.3. The van der Waals surface area contributed by atoms with Gasteiger partial charge in [-0.1, -0.05) is 26.2 Å². The third-order valence-electron chi connectivity index (χ3n) is 3.06. The van der Waals surface area contributed by atoms with Crippen LogP contribution in [0.15, 0.2) is 31.0 Å². The highest BCUT2D eigenvalue weighted by Gasteiger charge is 2.14. The maximum absolute atomic E-state index is 11.4. The normalized spacial score (nSPS) is 9.68. The van der Waals surface area contributed by atoms with Crippen LogP contribution in [-0.2, 0) is 4.74 Å². The third kappa shape index (κ3) is 8.59. The van der Waals surface area contributed by atoms with Crippen LogP contribution in [0.4, 0.5) is 5.95 Å². The SMILES string of the molecule is CCCCCCNc1ncc(C(=O)OCC)c(O)n1.c1cncnc1. The monoisotopic (exact) mass is 347 g/mol. The van der Waals surface area contributed by atoms with Gasteiger partial charge in [-0.05, 0) is 19.4 Å². The lowest BCUT2D eigenvalue weighted by Crippen LogP contribution is -2.09. The van der Waals surface area contributed by atoms with Crippen molar-refractivity contribution >= 4 is 11.9 Å². The molecule has 8 heteroatoms. The number of aromatic hydroxyl groups is 1. The smallest absolute Gasteiger partial charge is 0.345 e. The van der Waals surface area contributed by atoms with Gasteiger partial charge in [0.1, 0.15) is 11.9 Å². The predicted molar refractivity (Wildman–Crippen MR) is 94.3 cm³/mol. The van der Waals surface area contributed by atoms with Gasteiger partial charge in [0.15, 0.2) is 0 Å². The molecule has 2 heterocycles. The standard InChI is InChI=1S/C13H21N3O3.C4H4N2/c1-3-5-6-7-8-14-13-15-9-10(11(17)16-13)12(18)19-4-2;1-2-5-4-6-3-1/h9H,3-8H2,1-2H3,(H2,14,15,16,17);1-4H. The summed E-state index contributed by atoms with van der Waals surface area (Å²) in [6, 6.07) is 1.78. The van der Waals surface area contributed by atoms with Gasteiger partial charge in [-0.15, -0.1) is 0 Å². The molecule has 0 fully saturated rings. The van der Waals surface area contributed by atoms with E-state index in [2.05, 4.69) is 32.2 Å². The number of unbranched alkanes of at least 4 members (excludes halogenated alkanes) is 3. The van der Waals surface area contributed by atoms with Crippen molar-refractivity contribution in [2.24, 2.45) is 0 Å². The van der Waals surface area contributed by atoms with Crippen LogP contribution in [0.3, 0.4) is 0 Å². The number of aromatic nitrogens is 4. The van der Waals surface area contributed by atoms with Crippen molar-refractivity contribution < 1.29 is 14.6 Å². The van der Waals surface area contributed by atoms with Crippen LogP contribution in [0.25, 0.3) is 0 Å². The quantitative estimate of drug-likeness (QED) is 0.554. The molecule has 0 atom stereocenters. The minimum Gasteiger partial charge on any atom is -0.493 e. The number of rotatable bonds is 8. The molecule has 0 aromatic carbocycles. The molecular weight excluding hydrogens is 322 g/mol. The van der Waals surface area contributed by atoms with Crippen LogP contribution in [0.5, 0.6) is 5.88 Å². The molecule has 0 aliphatic heterocycles. The Morgan fingerprint density at radius 1 is 1.20 bits per heavy atom. The lowest BCUT2D eigenvalue weighted by molar-refractivity contribution is 0.0521. The number of carbonyl (C=O) groups is 1. The first-order chi connectivity index (χ1) is 12.2. The summed E-state index contributed by atoms with van der Waals surface area (Å²) in [4.78, 5) is 26.6. The van der Waals surface area contributed by atoms with E-state index in [4.69, 9.17) is 4.74 Å². The van der Waals surface area contributed by atoms with Crippen molar-refractivity contribution in [2.75, 3.05) is 18.5 Å². The Labute approximate surface area is 147 Å². The molecule has 0 amide bonds. The molecule has 0 unspecified atom stereocenters. The van der Waals surface area contributed by atoms with Crippen molar-refractivity contribution in [3.05, 3.63) is 36.5 Å². The van der Waals surface area contributed by atoms with E-state index in [1.165, 1.54) is 25.4 Å². The van der Waals surface area contributed by atoms with Crippen LogP contribution < -0.4 is 5.32 Å². The average molecular weight is 347 g/mol. The zero-order valence-electron chi connectivity index (χ0n) is 14.7. The van der Waals surface area contributed by atoms with Gasteiger partial charge >= 0.3 is 5.97 Å². The topological polar surface area (TPSA) is 110 Å². The fraction of sp³-hybridized carbons (Fsp3) is 0.471. The van der Waals surface area contributed by atoms with E-state index in [9.17, 15) is 9.90 Å². The molecule has 0 aliphatic rings. The van der Waals surface area contributed by atoms with Crippen molar-refractivity contribution in [2.45, 2.75) is 39.5 Å². The maximum atomic E-state index is 11.4. The molecule has 0 bridgehead atoms. The fourth-order valence-corrected chi connectivity index (χ4v) is 1.82. The summed E-state index contributed by atoms with van der Waals surface area (Å²) >= 11 is 0. The number of nitrogens with one attached hydrogen (secondary N) is 1. The lowest BCUT2D eigenvalue weighted by atomic mass is 10.2. The summed E-state index contributed by atoms with van der Waals surface area (Å²) in [6.07, 6.45) is 10.7. The van der Waals surface area contributed by atoms with Gasteiger partial charge in [-0.25, -0.2) is 19.7 Å². The van der Waals surface area contributed by atoms with E-state index >= 15 is 0 Å². The summed E-state index contributed by atoms with van der Waals surface area (Å²) in [6.45, 7) is 4.85. The number of carbonyl (C=O) groups excluding carboxylic acids is 1. The number of ether oxygens (including phenoxy) is 1. The molecule has 2 N–H and O–H groups in total. The van der Waals surface area contributed by atoms with E-state index in [1.807, 2.05) is 0 Å². The van der Waals surface area contributed by atoms with Crippen molar-refractivity contribution in [1.29, 1.82) is 0 Å². The fourth-order valence-electron chi connectivity index (χ4n) is 1.82. The van der Waals surface area contributed by atoms with E-state index in [-0.39, 0.29) is 18.1 Å². The van der Waals surface area contributed by atoms with Gasteiger partial charge in [0, 0.05) is 18.9 Å². The number of hydrogen-bond donors (Lipinski definition) is 2. The molecule has 0 saturated carbocycles. The van der Waals surface area contributed by atoms with Gasteiger partial charge in [0.2, 0.25) is 11.8 Å². The van der Waals surface area contributed by atoms with E-state index in [0.29, 0.717) is 5.95 Å². The number of anilines is 1. The Bertz CT molecular complexity index is 584. The Kier molecular flexibility index (Phi) is 10.2. The molecule has 2 aromatic heterocycles. The molecule has 8 nitrogen and oxygen atoms in total. The van der Waals surface area contributed by atoms with Gasteiger partial charge in [-0.3, -0.25) is 0 Å². The second-order valence-electron chi connectivity index (χ2n) is 5.04. The lowest BCUT2D eigenvalue weighted by Gasteiger charge is -2.07. The predicted octanol–water partition coefficient (Wildman–Crippen LogP) is 2.83. The number of esters is 1. The van der Waals surface area contributed by atoms with Gasteiger partial charge < -0.3 is 15.2 Å². The molecule has 0 aliphatic carbocycles. The maximum Gasteiger partial charge on any atom is 0.345 e. The van der Waals surface area contributed by atoms with E-state index in [0.717, 1.165) is 19.4 Å². The van der Waals surface area contributed by atoms with Gasteiger partial charge in [0.25, 0.3) is 0 Å². The number of hydrogen-bond acceptors (Lipinski definition) is 8. The molecule has 0 spiro atoms. The minimum absolute atomic E-state index is 0.0154. The molecule has 25 heavy (non-hydrogen) atoms. The largest absolute Gasteiger partial charge is 0.493 e. The van der Waals surface area contributed by atoms with Crippen molar-refractivity contribution in [1.82, 2.24) is 19.9 Å². The van der Waals surface area contributed by atoms with Crippen molar-refractivity contribution in [3.63, 3.8) is 0 Å². The summed E-state index contributed by atoms with van der Waals surface area (Å²) in [5.41, 5.74) is -0.0154. The Balaban J connectivity index is 0.000000435. The summed E-state index contributed by atoms with van der Waals surface area (Å²) in [5, 5.41) is 12.6. The third-order valence-corrected chi connectivity index (χ3v) is 3.06.